The van der Waals surface area contributed by atoms with Crippen LogP contribution < -0.4 is 10.6 Å². The highest BCUT2D eigenvalue weighted by molar-refractivity contribution is 5.79. The van der Waals surface area contributed by atoms with Crippen molar-refractivity contribution >= 4 is 11.8 Å². The van der Waals surface area contributed by atoms with E-state index in [1.54, 1.807) is 0 Å². The first-order valence-electron chi connectivity index (χ1n) is 8.73. The summed E-state index contributed by atoms with van der Waals surface area (Å²) in [5.74, 6) is 0.0930. The minimum Gasteiger partial charge on any atom is -0.355 e. The number of hydrogen-bond donors (Lipinski definition) is 2. The molecule has 4 nitrogen and oxygen atoms in total. The zero-order chi connectivity index (χ0) is 18.1. The highest BCUT2D eigenvalue weighted by Gasteiger charge is 2.18. The Balaban J connectivity index is 1.95. The summed E-state index contributed by atoms with van der Waals surface area (Å²) in [5.41, 5.74) is 2.16. The van der Waals surface area contributed by atoms with E-state index in [0.717, 1.165) is 12.0 Å². The van der Waals surface area contributed by atoms with Crippen LogP contribution in [0.25, 0.3) is 0 Å². The molecule has 0 aromatic heterocycles. The van der Waals surface area contributed by atoms with Crippen LogP contribution in [0.2, 0.25) is 0 Å². The van der Waals surface area contributed by atoms with Gasteiger partial charge in [-0.1, -0.05) is 67.6 Å². The van der Waals surface area contributed by atoms with Crippen LogP contribution in [-0.2, 0) is 9.59 Å². The van der Waals surface area contributed by atoms with Crippen molar-refractivity contribution in [3.8, 4) is 0 Å². The van der Waals surface area contributed by atoms with Crippen molar-refractivity contribution in [2.24, 2.45) is 0 Å². The number of amides is 2. The van der Waals surface area contributed by atoms with Crippen LogP contribution in [-0.4, -0.2) is 18.4 Å². The van der Waals surface area contributed by atoms with Gasteiger partial charge in [0.15, 0.2) is 0 Å². The van der Waals surface area contributed by atoms with Crippen LogP contribution in [0.4, 0.5) is 0 Å². The predicted molar refractivity (Wildman–Crippen MR) is 100 cm³/mol. The molecule has 0 spiro atoms. The molecule has 0 bridgehead atoms. The summed E-state index contributed by atoms with van der Waals surface area (Å²) in [7, 11) is 0. The van der Waals surface area contributed by atoms with Crippen LogP contribution in [0.15, 0.2) is 60.7 Å². The lowest BCUT2D eigenvalue weighted by atomic mass is 9.96. The van der Waals surface area contributed by atoms with Gasteiger partial charge >= 0.3 is 0 Å². The van der Waals surface area contributed by atoms with Crippen molar-refractivity contribution < 1.29 is 9.59 Å². The zero-order valence-corrected chi connectivity index (χ0v) is 14.9. The molecule has 0 saturated heterocycles. The topological polar surface area (TPSA) is 58.2 Å². The summed E-state index contributed by atoms with van der Waals surface area (Å²) in [6.07, 6.45) is 1.19. The number of rotatable bonds is 8. The third-order valence-electron chi connectivity index (χ3n) is 4.28. The molecular weight excluding hydrogens is 312 g/mol. The third-order valence-corrected chi connectivity index (χ3v) is 4.28. The molecule has 2 rings (SSSR count). The van der Waals surface area contributed by atoms with Gasteiger partial charge in [-0.05, 0) is 17.5 Å². The summed E-state index contributed by atoms with van der Waals surface area (Å²) in [4.78, 5) is 23.9. The molecule has 2 amide bonds. The normalized spacial score (nSPS) is 12.9. The van der Waals surface area contributed by atoms with Crippen LogP contribution in [0, 0.1) is 0 Å². The van der Waals surface area contributed by atoms with E-state index in [2.05, 4.69) is 29.7 Å². The minimum absolute atomic E-state index is 0.0583. The van der Waals surface area contributed by atoms with Crippen LogP contribution in [0.5, 0.6) is 0 Å². The van der Waals surface area contributed by atoms with Gasteiger partial charge in [0.1, 0.15) is 0 Å². The van der Waals surface area contributed by atoms with Gasteiger partial charge in [0.2, 0.25) is 11.8 Å². The van der Waals surface area contributed by atoms with Crippen molar-refractivity contribution in [2.75, 3.05) is 6.54 Å². The highest BCUT2D eigenvalue weighted by Crippen LogP contribution is 2.19. The lowest BCUT2D eigenvalue weighted by Gasteiger charge is -2.20. The Bertz CT molecular complexity index is 671. The van der Waals surface area contributed by atoms with E-state index < -0.39 is 0 Å². The van der Waals surface area contributed by atoms with E-state index in [-0.39, 0.29) is 24.3 Å². The van der Waals surface area contributed by atoms with Gasteiger partial charge in [0.25, 0.3) is 0 Å². The van der Waals surface area contributed by atoms with E-state index in [4.69, 9.17) is 0 Å². The first kappa shape index (κ1) is 18.7. The standard InChI is InChI=1S/C21H26N2O2/c1-3-17(18-10-6-4-7-11-18)15-22-21(25)14-20(23-16(2)24)19-12-8-5-9-13-19/h4-13,17,20H,3,14-15H2,1-2H3,(H,22,25)(H,23,24). The summed E-state index contributed by atoms with van der Waals surface area (Å²) < 4.78 is 0. The Morgan fingerprint density at radius 2 is 1.48 bits per heavy atom. The SMILES string of the molecule is CCC(CNC(=O)CC(NC(C)=O)c1ccccc1)c1ccccc1. The van der Waals surface area contributed by atoms with Gasteiger partial charge in [-0.25, -0.2) is 0 Å². The quantitative estimate of drug-likeness (QED) is 0.773. The molecule has 0 fully saturated rings. The molecule has 0 aliphatic carbocycles. The second-order valence-corrected chi connectivity index (χ2v) is 6.19. The van der Waals surface area contributed by atoms with Gasteiger partial charge in [-0.3, -0.25) is 9.59 Å². The Morgan fingerprint density at radius 1 is 0.920 bits per heavy atom. The molecule has 2 atom stereocenters. The summed E-state index contributed by atoms with van der Waals surface area (Å²) in [6, 6.07) is 19.5. The second kappa shape index (κ2) is 9.62. The van der Waals surface area contributed by atoms with Crippen molar-refractivity contribution in [1.82, 2.24) is 10.6 Å². The Kier molecular flexibility index (Phi) is 7.20. The summed E-state index contributed by atoms with van der Waals surface area (Å²) in [6.45, 7) is 4.19. The maximum atomic E-state index is 12.4. The maximum absolute atomic E-state index is 12.4. The average molecular weight is 338 g/mol. The predicted octanol–water partition coefficient (Wildman–Crippen LogP) is 3.56. The van der Waals surface area contributed by atoms with Crippen molar-refractivity contribution in [2.45, 2.75) is 38.6 Å². The average Bonchev–Trinajstić information content (AvgIpc) is 2.63. The van der Waals surface area contributed by atoms with Gasteiger partial charge < -0.3 is 10.6 Å². The third kappa shape index (κ3) is 6.07. The second-order valence-electron chi connectivity index (χ2n) is 6.19. The summed E-state index contributed by atoms with van der Waals surface area (Å²) in [5, 5.41) is 5.88. The number of carbonyl (C=O) groups is 2. The van der Waals surface area contributed by atoms with Gasteiger partial charge in [-0.2, -0.15) is 0 Å². The van der Waals surface area contributed by atoms with E-state index in [1.165, 1.54) is 12.5 Å². The molecule has 0 saturated carbocycles. The fourth-order valence-electron chi connectivity index (χ4n) is 2.90. The van der Waals surface area contributed by atoms with Crippen molar-refractivity contribution in [3.05, 3.63) is 71.8 Å². The monoisotopic (exact) mass is 338 g/mol. The van der Waals surface area contributed by atoms with Gasteiger partial charge in [-0.15, -0.1) is 0 Å². The molecule has 0 radical (unpaired) electrons. The largest absolute Gasteiger partial charge is 0.355 e. The van der Waals surface area contributed by atoms with E-state index in [9.17, 15) is 9.59 Å². The fourth-order valence-corrected chi connectivity index (χ4v) is 2.90. The fraction of sp³-hybridized carbons (Fsp3) is 0.333. The van der Waals surface area contributed by atoms with E-state index in [1.807, 2.05) is 48.5 Å². The molecule has 0 aliphatic heterocycles. The Hall–Kier alpha value is -2.62. The zero-order valence-electron chi connectivity index (χ0n) is 14.9. The smallest absolute Gasteiger partial charge is 0.222 e. The first-order chi connectivity index (χ1) is 12.1. The van der Waals surface area contributed by atoms with E-state index in [0.29, 0.717) is 12.5 Å². The lowest BCUT2D eigenvalue weighted by molar-refractivity contribution is -0.122. The lowest BCUT2D eigenvalue weighted by Crippen LogP contribution is -2.34. The first-order valence-corrected chi connectivity index (χ1v) is 8.73. The minimum atomic E-state index is -0.310. The molecule has 0 heterocycles. The number of hydrogen-bond acceptors (Lipinski definition) is 2. The van der Waals surface area contributed by atoms with Crippen LogP contribution >= 0.6 is 0 Å². The van der Waals surface area contributed by atoms with Crippen LogP contribution in [0.3, 0.4) is 0 Å². The van der Waals surface area contributed by atoms with Crippen molar-refractivity contribution in [3.63, 3.8) is 0 Å². The molecule has 132 valence electrons. The molecule has 2 aromatic carbocycles. The Morgan fingerprint density at radius 3 is 2.00 bits per heavy atom. The molecule has 0 aliphatic rings. The number of benzene rings is 2. The molecular formula is C21H26N2O2. The van der Waals surface area contributed by atoms with Crippen LogP contribution in [0.1, 0.15) is 49.8 Å². The van der Waals surface area contributed by atoms with Gasteiger partial charge in [0.05, 0.1) is 12.5 Å². The molecule has 2 aromatic rings. The number of carbonyl (C=O) groups excluding carboxylic acids is 2. The summed E-state index contributed by atoms with van der Waals surface area (Å²) >= 11 is 0. The molecule has 2 N–H and O–H groups in total. The Labute approximate surface area is 149 Å². The van der Waals surface area contributed by atoms with E-state index >= 15 is 0 Å². The maximum Gasteiger partial charge on any atom is 0.222 e. The van der Waals surface area contributed by atoms with Crippen molar-refractivity contribution in [1.29, 1.82) is 0 Å². The molecule has 4 heteroatoms. The highest BCUT2D eigenvalue weighted by atomic mass is 16.2. The molecule has 2 unspecified atom stereocenters. The van der Waals surface area contributed by atoms with Gasteiger partial charge in [0, 0.05) is 19.4 Å². The molecule has 25 heavy (non-hydrogen) atoms. The number of nitrogens with one attached hydrogen (secondary N) is 2.